The molecule has 1 amide bonds. The van der Waals surface area contributed by atoms with Gasteiger partial charge in [0.25, 0.3) is 0 Å². The molecule has 0 bridgehead atoms. The lowest BCUT2D eigenvalue weighted by Crippen LogP contribution is -2.25. The lowest BCUT2D eigenvalue weighted by molar-refractivity contribution is -0.118. The standard InChI is InChI=1S/C11H16ClN3O2S/c1-3-4-13-10(16)7-18-11-5-8(12)14-9(15-11)6-17-2/h5H,3-4,6-7H2,1-2H3,(H,13,16). The molecule has 0 saturated carbocycles. The SMILES string of the molecule is CCCNC(=O)CSc1cc(Cl)nc(COC)n1. The van der Waals surface area contributed by atoms with E-state index in [4.69, 9.17) is 16.3 Å². The fourth-order valence-corrected chi connectivity index (χ4v) is 2.18. The molecular formula is C11H16ClN3O2S. The van der Waals surface area contributed by atoms with E-state index in [2.05, 4.69) is 15.3 Å². The molecule has 0 aliphatic carbocycles. The number of thioether (sulfide) groups is 1. The molecule has 7 heteroatoms. The predicted molar refractivity (Wildman–Crippen MR) is 71.8 cm³/mol. The van der Waals surface area contributed by atoms with Gasteiger partial charge in [-0.05, 0) is 6.42 Å². The first-order chi connectivity index (χ1) is 8.65. The van der Waals surface area contributed by atoms with Gasteiger partial charge >= 0.3 is 0 Å². The highest BCUT2D eigenvalue weighted by Gasteiger charge is 2.06. The second-order valence-corrected chi connectivity index (χ2v) is 4.90. The second kappa shape index (κ2) is 8.29. The molecule has 1 N–H and O–H groups in total. The first kappa shape index (κ1) is 15.2. The first-order valence-corrected chi connectivity index (χ1v) is 6.94. The minimum Gasteiger partial charge on any atom is -0.377 e. The maximum Gasteiger partial charge on any atom is 0.230 e. The lowest BCUT2D eigenvalue weighted by Gasteiger charge is -2.05. The van der Waals surface area contributed by atoms with Gasteiger partial charge in [0.05, 0.1) is 5.75 Å². The van der Waals surface area contributed by atoms with Gasteiger partial charge in [-0.3, -0.25) is 4.79 Å². The van der Waals surface area contributed by atoms with E-state index in [1.807, 2.05) is 6.92 Å². The van der Waals surface area contributed by atoms with E-state index < -0.39 is 0 Å². The third-order valence-corrected chi connectivity index (χ3v) is 3.02. The van der Waals surface area contributed by atoms with Gasteiger partial charge in [0, 0.05) is 19.7 Å². The summed E-state index contributed by atoms with van der Waals surface area (Å²) in [5, 5.41) is 3.83. The van der Waals surface area contributed by atoms with Crippen LogP contribution in [0.15, 0.2) is 11.1 Å². The van der Waals surface area contributed by atoms with Gasteiger partial charge in [0.15, 0.2) is 5.82 Å². The summed E-state index contributed by atoms with van der Waals surface area (Å²) >= 11 is 7.19. The van der Waals surface area contributed by atoms with Crippen LogP contribution in [-0.4, -0.2) is 35.3 Å². The summed E-state index contributed by atoms with van der Waals surface area (Å²) in [7, 11) is 1.56. The number of amides is 1. The van der Waals surface area contributed by atoms with Crippen LogP contribution in [0.25, 0.3) is 0 Å². The molecule has 1 aromatic heterocycles. The molecule has 0 fully saturated rings. The van der Waals surface area contributed by atoms with Crippen LogP contribution in [0, 0.1) is 0 Å². The average molecular weight is 290 g/mol. The molecule has 1 rings (SSSR count). The zero-order chi connectivity index (χ0) is 13.4. The maximum absolute atomic E-state index is 11.4. The summed E-state index contributed by atoms with van der Waals surface area (Å²) in [6, 6.07) is 1.64. The summed E-state index contributed by atoms with van der Waals surface area (Å²) in [6.45, 7) is 3.00. The largest absolute Gasteiger partial charge is 0.377 e. The van der Waals surface area contributed by atoms with Crippen molar-refractivity contribution in [2.75, 3.05) is 19.4 Å². The summed E-state index contributed by atoms with van der Waals surface area (Å²) in [5.41, 5.74) is 0. The molecule has 1 aromatic rings. The molecule has 5 nitrogen and oxygen atoms in total. The van der Waals surface area contributed by atoms with Gasteiger partial charge in [0.1, 0.15) is 16.8 Å². The third kappa shape index (κ3) is 5.66. The van der Waals surface area contributed by atoms with Crippen LogP contribution in [-0.2, 0) is 16.1 Å². The Balaban J connectivity index is 2.53. The van der Waals surface area contributed by atoms with E-state index in [0.717, 1.165) is 6.42 Å². The minimum atomic E-state index is -0.00937. The fourth-order valence-electron chi connectivity index (χ4n) is 1.16. The van der Waals surface area contributed by atoms with Crippen LogP contribution < -0.4 is 5.32 Å². The van der Waals surface area contributed by atoms with Gasteiger partial charge in [-0.2, -0.15) is 0 Å². The fraction of sp³-hybridized carbons (Fsp3) is 0.545. The molecule has 0 saturated heterocycles. The number of hydrogen-bond donors (Lipinski definition) is 1. The number of halogens is 1. The molecule has 0 atom stereocenters. The number of carbonyl (C=O) groups is 1. The predicted octanol–water partition coefficient (Wildman–Crippen LogP) is 1.89. The number of ether oxygens (including phenoxy) is 1. The van der Waals surface area contributed by atoms with Crippen molar-refractivity contribution >= 4 is 29.3 Å². The van der Waals surface area contributed by atoms with Crippen molar-refractivity contribution in [3.8, 4) is 0 Å². The van der Waals surface area contributed by atoms with Gasteiger partial charge < -0.3 is 10.1 Å². The van der Waals surface area contributed by atoms with E-state index in [9.17, 15) is 4.79 Å². The Bertz CT molecular complexity index is 404. The van der Waals surface area contributed by atoms with Crippen molar-refractivity contribution in [2.24, 2.45) is 0 Å². The number of nitrogens with one attached hydrogen (secondary N) is 1. The van der Waals surface area contributed by atoms with Crippen molar-refractivity contribution in [1.82, 2.24) is 15.3 Å². The van der Waals surface area contributed by atoms with Crippen LogP contribution in [0.5, 0.6) is 0 Å². The van der Waals surface area contributed by atoms with Crippen molar-refractivity contribution in [3.05, 3.63) is 17.0 Å². The zero-order valence-corrected chi connectivity index (χ0v) is 12.0. The summed E-state index contributed by atoms with van der Waals surface area (Å²) in [5.74, 6) is 0.825. The molecular weight excluding hydrogens is 274 g/mol. The maximum atomic E-state index is 11.4. The van der Waals surface area contributed by atoms with E-state index in [-0.39, 0.29) is 5.91 Å². The van der Waals surface area contributed by atoms with Crippen LogP contribution in [0.1, 0.15) is 19.2 Å². The molecule has 0 spiro atoms. The lowest BCUT2D eigenvalue weighted by atomic mass is 10.5. The highest BCUT2D eigenvalue weighted by atomic mass is 35.5. The monoisotopic (exact) mass is 289 g/mol. The topological polar surface area (TPSA) is 64.1 Å². The van der Waals surface area contributed by atoms with E-state index in [0.29, 0.717) is 34.9 Å². The van der Waals surface area contributed by atoms with Crippen molar-refractivity contribution in [3.63, 3.8) is 0 Å². The number of rotatable bonds is 7. The van der Waals surface area contributed by atoms with E-state index in [1.165, 1.54) is 11.8 Å². The number of aromatic nitrogens is 2. The van der Waals surface area contributed by atoms with Gasteiger partial charge in [0.2, 0.25) is 5.91 Å². The first-order valence-electron chi connectivity index (χ1n) is 5.57. The molecule has 0 aliphatic rings. The van der Waals surface area contributed by atoms with Crippen LogP contribution >= 0.6 is 23.4 Å². The van der Waals surface area contributed by atoms with Crippen molar-refractivity contribution in [1.29, 1.82) is 0 Å². The number of hydrogen-bond acceptors (Lipinski definition) is 5. The Morgan fingerprint density at radius 3 is 3.00 bits per heavy atom. The summed E-state index contributed by atoms with van der Waals surface area (Å²) in [4.78, 5) is 19.7. The van der Waals surface area contributed by atoms with Crippen molar-refractivity contribution in [2.45, 2.75) is 25.0 Å². The summed E-state index contributed by atoms with van der Waals surface area (Å²) in [6.07, 6.45) is 0.924. The Labute approximate surface area is 116 Å². The molecule has 0 unspecified atom stereocenters. The molecule has 100 valence electrons. The second-order valence-electron chi connectivity index (χ2n) is 3.52. The van der Waals surface area contributed by atoms with E-state index >= 15 is 0 Å². The van der Waals surface area contributed by atoms with Crippen molar-refractivity contribution < 1.29 is 9.53 Å². The third-order valence-electron chi connectivity index (χ3n) is 1.91. The number of nitrogens with zero attached hydrogens (tertiary/aromatic N) is 2. The zero-order valence-electron chi connectivity index (χ0n) is 10.4. The van der Waals surface area contributed by atoms with Crippen LogP contribution in [0.4, 0.5) is 0 Å². The van der Waals surface area contributed by atoms with E-state index in [1.54, 1.807) is 13.2 Å². The highest BCUT2D eigenvalue weighted by Crippen LogP contribution is 2.18. The Morgan fingerprint density at radius 1 is 1.56 bits per heavy atom. The number of methoxy groups -OCH3 is 1. The van der Waals surface area contributed by atoms with Crippen LogP contribution in [0.3, 0.4) is 0 Å². The smallest absolute Gasteiger partial charge is 0.230 e. The summed E-state index contributed by atoms with van der Waals surface area (Å²) < 4.78 is 4.94. The Morgan fingerprint density at radius 2 is 2.33 bits per heavy atom. The molecule has 0 aromatic carbocycles. The average Bonchev–Trinajstić information content (AvgIpc) is 2.33. The number of carbonyl (C=O) groups excluding carboxylic acids is 1. The van der Waals surface area contributed by atoms with Gasteiger partial charge in [-0.1, -0.05) is 30.3 Å². The normalized spacial score (nSPS) is 10.4. The Hall–Kier alpha value is -0.850. The quantitative estimate of drug-likeness (QED) is 0.613. The Kier molecular flexibility index (Phi) is 7.00. The minimum absolute atomic E-state index is 0.00937. The van der Waals surface area contributed by atoms with Gasteiger partial charge in [-0.25, -0.2) is 9.97 Å². The van der Waals surface area contributed by atoms with Gasteiger partial charge in [-0.15, -0.1) is 0 Å². The molecule has 0 radical (unpaired) electrons. The van der Waals surface area contributed by atoms with Crippen LogP contribution in [0.2, 0.25) is 5.15 Å². The molecule has 0 aliphatic heterocycles. The highest BCUT2D eigenvalue weighted by molar-refractivity contribution is 7.99. The molecule has 18 heavy (non-hydrogen) atoms. The molecule has 1 heterocycles.